The van der Waals surface area contributed by atoms with E-state index in [0.717, 1.165) is 0 Å². The Kier molecular flexibility index (Phi) is 4.04. The van der Waals surface area contributed by atoms with E-state index in [-0.39, 0.29) is 22.5 Å². The highest BCUT2D eigenvalue weighted by Gasteiger charge is 2.28. The van der Waals surface area contributed by atoms with Gasteiger partial charge in [0.25, 0.3) is 0 Å². The zero-order valence-corrected chi connectivity index (χ0v) is 13.2. The van der Waals surface area contributed by atoms with E-state index in [9.17, 15) is 14.7 Å². The maximum absolute atomic E-state index is 11.5. The summed E-state index contributed by atoms with van der Waals surface area (Å²) in [6.45, 7) is 1.82. The number of pyridine rings is 1. The lowest BCUT2D eigenvalue weighted by Crippen LogP contribution is -2.26. The van der Waals surface area contributed by atoms with Crippen molar-refractivity contribution in [3.8, 4) is 0 Å². The fourth-order valence-corrected chi connectivity index (χ4v) is 2.78. The predicted octanol–water partition coefficient (Wildman–Crippen LogP) is 2.84. The van der Waals surface area contributed by atoms with Gasteiger partial charge in [0, 0.05) is 19.0 Å². The van der Waals surface area contributed by atoms with Crippen LogP contribution >= 0.6 is 11.6 Å². The van der Waals surface area contributed by atoms with Gasteiger partial charge in [-0.1, -0.05) is 18.5 Å². The van der Waals surface area contributed by atoms with Gasteiger partial charge in [-0.3, -0.25) is 9.48 Å². The second-order valence-electron chi connectivity index (χ2n) is 5.41. The smallest absolute Gasteiger partial charge is 0.339 e. The standard InChI is InChI=1S/C15H15ClN4O3/c1-2-11-14(15(22)23)12(5-13(16)19-11)18-8-6-17-20(7-8)9-3-10(21)4-9/h5-7,9H,2-4H2,1H3,(H,18,19)(H,22,23). The van der Waals surface area contributed by atoms with Crippen molar-refractivity contribution in [1.29, 1.82) is 0 Å². The lowest BCUT2D eigenvalue weighted by Gasteiger charge is -2.24. The molecule has 2 N–H and O–H groups in total. The van der Waals surface area contributed by atoms with Crippen molar-refractivity contribution in [3.63, 3.8) is 0 Å². The molecule has 0 spiro atoms. The summed E-state index contributed by atoms with van der Waals surface area (Å²) in [7, 11) is 0. The van der Waals surface area contributed by atoms with Gasteiger partial charge in [0.2, 0.25) is 0 Å². The highest BCUT2D eigenvalue weighted by molar-refractivity contribution is 6.29. The number of anilines is 2. The van der Waals surface area contributed by atoms with E-state index >= 15 is 0 Å². The van der Waals surface area contributed by atoms with Crippen molar-refractivity contribution in [2.75, 3.05) is 5.32 Å². The number of hydrogen-bond acceptors (Lipinski definition) is 5. The number of hydrogen-bond donors (Lipinski definition) is 2. The molecular weight excluding hydrogens is 320 g/mol. The van der Waals surface area contributed by atoms with Gasteiger partial charge in [-0.25, -0.2) is 9.78 Å². The number of nitrogens with zero attached hydrogens (tertiary/aromatic N) is 3. The average Bonchev–Trinajstić information content (AvgIpc) is 2.90. The summed E-state index contributed by atoms with van der Waals surface area (Å²) in [4.78, 5) is 26.7. The molecule has 2 heterocycles. The Bertz CT molecular complexity index is 779. The Morgan fingerprint density at radius 1 is 1.52 bits per heavy atom. The number of Topliss-reactive ketones (excluding diaryl/α,β-unsaturated/α-hetero) is 1. The van der Waals surface area contributed by atoms with Crippen molar-refractivity contribution in [2.45, 2.75) is 32.2 Å². The van der Waals surface area contributed by atoms with Crippen LogP contribution in [0.15, 0.2) is 18.5 Å². The van der Waals surface area contributed by atoms with Gasteiger partial charge >= 0.3 is 5.97 Å². The third kappa shape index (κ3) is 3.05. The van der Waals surface area contributed by atoms with Gasteiger partial charge in [-0.15, -0.1) is 0 Å². The number of nitrogens with one attached hydrogen (secondary N) is 1. The molecule has 3 rings (SSSR count). The lowest BCUT2D eigenvalue weighted by atomic mass is 9.92. The Morgan fingerprint density at radius 3 is 2.87 bits per heavy atom. The Labute approximate surface area is 137 Å². The van der Waals surface area contributed by atoms with Crippen LogP contribution in [0.4, 0.5) is 11.4 Å². The van der Waals surface area contributed by atoms with Crippen LogP contribution in [0.25, 0.3) is 0 Å². The first kappa shape index (κ1) is 15.5. The van der Waals surface area contributed by atoms with Crippen molar-refractivity contribution in [1.82, 2.24) is 14.8 Å². The number of aryl methyl sites for hydroxylation is 1. The molecule has 1 aliphatic carbocycles. The molecule has 0 unspecified atom stereocenters. The molecule has 0 amide bonds. The highest BCUT2D eigenvalue weighted by atomic mass is 35.5. The summed E-state index contributed by atoms with van der Waals surface area (Å²) in [5.41, 5.74) is 1.53. The molecule has 1 fully saturated rings. The first-order valence-electron chi connectivity index (χ1n) is 7.23. The number of carboxylic acid groups (broad SMARTS) is 1. The fourth-order valence-electron chi connectivity index (χ4n) is 2.57. The quantitative estimate of drug-likeness (QED) is 0.816. The van der Waals surface area contributed by atoms with E-state index in [4.69, 9.17) is 11.6 Å². The molecule has 0 saturated heterocycles. The van der Waals surface area contributed by atoms with Crippen molar-refractivity contribution >= 4 is 34.7 Å². The van der Waals surface area contributed by atoms with Gasteiger partial charge < -0.3 is 10.4 Å². The van der Waals surface area contributed by atoms with E-state index in [1.165, 1.54) is 6.07 Å². The normalized spacial score (nSPS) is 14.6. The number of carboxylic acids is 1. The van der Waals surface area contributed by atoms with Crippen molar-refractivity contribution in [3.05, 3.63) is 34.9 Å². The maximum Gasteiger partial charge on any atom is 0.339 e. The summed E-state index contributed by atoms with van der Waals surface area (Å²) in [5.74, 6) is -0.841. The van der Waals surface area contributed by atoms with E-state index < -0.39 is 5.97 Å². The molecule has 120 valence electrons. The molecule has 1 saturated carbocycles. The summed E-state index contributed by atoms with van der Waals surface area (Å²) < 4.78 is 1.72. The first-order chi connectivity index (χ1) is 11.0. The second-order valence-corrected chi connectivity index (χ2v) is 5.79. The zero-order chi connectivity index (χ0) is 16.6. The molecule has 0 atom stereocenters. The van der Waals surface area contributed by atoms with Crippen LogP contribution in [0.3, 0.4) is 0 Å². The third-order valence-corrected chi connectivity index (χ3v) is 3.99. The molecule has 0 aliphatic heterocycles. The molecule has 2 aromatic rings. The Hall–Kier alpha value is -2.41. The van der Waals surface area contributed by atoms with Crippen LogP contribution in [0, 0.1) is 0 Å². The van der Waals surface area contributed by atoms with Gasteiger partial charge in [0.1, 0.15) is 16.5 Å². The summed E-state index contributed by atoms with van der Waals surface area (Å²) in [5, 5.41) is 16.9. The monoisotopic (exact) mass is 334 g/mol. The number of carbonyl (C=O) groups excluding carboxylic acids is 1. The molecule has 0 aromatic carbocycles. The molecule has 2 aromatic heterocycles. The first-order valence-corrected chi connectivity index (χ1v) is 7.61. The Balaban J connectivity index is 1.89. The number of rotatable bonds is 5. The minimum absolute atomic E-state index is 0.0872. The van der Waals surface area contributed by atoms with Crippen LogP contribution in [-0.2, 0) is 11.2 Å². The number of aromatic nitrogens is 3. The molecule has 1 aliphatic rings. The predicted molar refractivity (Wildman–Crippen MR) is 84.4 cm³/mol. The van der Waals surface area contributed by atoms with Gasteiger partial charge in [-0.05, 0) is 12.5 Å². The third-order valence-electron chi connectivity index (χ3n) is 3.79. The highest BCUT2D eigenvalue weighted by Crippen LogP contribution is 2.30. The van der Waals surface area contributed by atoms with E-state index in [2.05, 4.69) is 15.4 Å². The number of halogens is 1. The molecule has 23 heavy (non-hydrogen) atoms. The van der Waals surface area contributed by atoms with E-state index in [1.807, 2.05) is 6.92 Å². The van der Waals surface area contributed by atoms with Gasteiger partial charge in [0.15, 0.2) is 0 Å². The SMILES string of the molecule is CCc1nc(Cl)cc(Nc2cnn(C3CC(=O)C3)c2)c1C(=O)O. The Morgan fingerprint density at radius 2 is 2.26 bits per heavy atom. The minimum Gasteiger partial charge on any atom is -0.478 e. The van der Waals surface area contributed by atoms with E-state index in [0.29, 0.717) is 36.3 Å². The number of carbonyl (C=O) groups is 2. The molecule has 8 heteroatoms. The van der Waals surface area contributed by atoms with Gasteiger partial charge in [-0.2, -0.15) is 5.10 Å². The van der Waals surface area contributed by atoms with Crippen molar-refractivity contribution in [2.24, 2.45) is 0 Å². The summed E-state index contributed by atoms with van der Waals surface area (Å²) in [6, 6.07) is 1.57. The summed E-state index contributed by atoms with van der Waals surface area (Å²) >= 11 is 5.97. The number of aromatic carboxylic acids is 1. The van der Waals surface area contributed by atoms with Crippen molar-refractivity contribution < 1.29 is 14.7 Å². The number of ketones is 1. The van der Waals surface area contributed by atoms with Crippen LogP contribution in [-0.4, -0.2) is 31.6 Å². The van der Waals surface area contributed by atoms with Crippen LogP contribution in [0.1, 0.15) is 41.9 Å². The zero-order valence-electron chi connectivity index (χ0n) is 12.4. The molecular formula is C15H15ClN4O3. The lowest BCUT2D eigenvalue weighted by molar-refractivity contribution is -0.126. The van der Waals surface area contributed by atoms with Crippen LogP contribution in [0.5, 0.6) is 0 Å². The molecule has 0 radical (unpaired) electrons. The fraction of sp³-hybridized carbons (Fsp3) is 0.333. The minimum atomic E-state index is -1.06. The average molecular weight is 335 g/mol. The molecule has 7 nitrogen and oxygen atoms in total. The maximum atomic E-state index is 11.5. The van der Waals surface area contributed by atoms with Gasteiger partial charge in [0.05, 0.1) is 29.3 Å². The van der Waals surface area contributed by atoms with E-state index in [1.54, 1.807) is 17.1 Å². The topological polar surface area (TPSA) is 97.1 Å². The van der Waals surface area contributed by atoms with Crippen LogP contribution < -0.4 is 5.32 Å². The molecule has 0 bridgehead atoms. The summed E-state index contributed by atoms with van der Waals surface area (Å²) in [6.07, 6.45) is 4.78. The second kappa shape index (κ2) is 6.00. The largest absolute Gasteiger partial charge is 0.478 e. The van der Waals surface area contributed by atoms with Crippen LogP contribution in [0.2, 0.25) is 5.15 Å².